The van der Waals surface area contributed by atoms with Gasteiger partial charge in [-0.2, -0.15) is 18.3 Å². The van der Waals surface area contributed by atoms with E-state index < -0.39 is 11.9 Å². The SMILES string of the molecule is Cc1nn2c(C(F)(F)F)ccnc2c1C=CC(=O)c1cccc(N2CCCC2=O)c1. The Labute approximate surface area is 169 Å². The molecule has 1 aromatic carbocycles. The maximum atomic E-state index is 13.2. The molecule has 0 unspecified atom stereocenters. The third-order valence-electron chi connectivity index (χ3n) is 4.95. The van der Waals surface area contributed by atoms with E-state index in [1.807, 2.05) is 0 Å². The second kappa shape index (κ2) is 7.40. The van der Waals surface area contributed by atoms with Gasteiger partial charge in [0.05, 0.1) is 5.69 Å². The van der Waals surface area contributed by atoms with Crippen molar-refractivity contribution in [2.24, 2.45) is 0 Å². The number of anilines is 1. The fraction of sp³-hybridized carbons (Fsp3) is 0.238. The van der Waals surface area contributed by atoms with Gasteiger partial charge in [0.25, 0.3) is 0 Å². The van der Waals surface area contributed by atoms with Crippen molar-refractivity contribution >= 4 is 29.1 Å². The summed E-state index contributed by atoms with van der Waals surface area (Å²) in [6.45, 7) is 2.17. The summed E-state index contributed by atoms with van der Waals surface area (Å²) in [5, 5.41) is 3.93. The van der Waals surface area contributed by atoms with Gasteiger partial charge in [0, 0.05) is 36.0 Å². The van der Waals surface area contributed by atoms with Crippen molar-refractivity contribution in [3.63, 3.8) is 0 Å². The lowest BCUT2D eigenvalue weighted by Crippen LogP contribution is -2.23. The minimum Gasteiger partial charge on any atom is -0.312 e. The van der Waals surface area contributed by atoms with Crippen LogP contribution in [0.25, 0.3) is 11.7 Å². The average Bonchev–Trinajstić information content (AvgIpc) is 3.27. The molecule has 0 bridgehead atoms. The van der Waals surface area contributed by atoms with Crippen LogP contribution in [0.5, 0.6) is 0 Å². The number of hydrogen-bond acceptors (Lipinski definition) is 4. The highest BCUT2D eigenvalue weighted by atomic mass is 19.4. The van der Waals surface area contributed by atoms with E-state index >= 15 is 0 Å². The normalized spacial score (nSPS) is 14.9. The molecule has 0 aliphatic carbocycles. The number of ketones is 1. The number of rotatable bonds is 4. The van der Waals surface area contributed by atoms with Crippen molar-refractivity contribution in [3.05, 3.63) is 65.1 Å². The van der Waals surface area contributed by atoms with Gasteiger partial charge >= 0.3 is 6.18 Å². The molecule has 0 radical (unpaired) electrons. The molecule has 1 aliphatic heterocycles. The molecule has 0 N–H and O–H groups in total. The van der Waals surface area contributed by atoms with E-state index in [1.165, 1.54) is 12.2 Å². The monoisotopic (exact) mass is 414 g/mol. The van der Waals surface area contributed by atoms with Crippen LogP contribution >= 0.6 is 0 Å². The molecule has 3 heterocycles. The number of carbonyl (C=O) groups excluding carboxylic acids is 2. The smallest absolute Gasteiger partial charge is 0.312 e. The zero-order valence-electron chi connectivity index (χ0n) is 16.0. The number of fused-ring (bicyclic) bond motifs is 1. The average molecular weight is 414 g/mol. The Hall–Kier alpha value is -3.49. The van der Waals surface area contributed by atoms with E-state index in [9.17, 15) is 22.8 Å². The van der Waals surface area contributed by atoms with E-state index in [2.05, 4.69) is 10.1 Å². The molecule has 1 amide bonds. The second-order valence-electron chi connectivity index (χ2n) is 6.96. The molecule has 4 rings (SSSR count). The first-order valence-corrected chi connectivity index (χ1v) is 9.30. The Morgan fingerprint density at radius 3 is 2.73 bits per heavy atom. The number of allylic oxidation sites excluding steroid dienone is 1. The number of carbonyl (C=O) groups is 2. The van der Waals surface area contributed by atoms with Crippen molar-refractivity contribution in [1.82, 2.24) is 14.6 Å². The van der Waals surface area contributed by atoms with Gasteiger partial charge in [-0.05, 0) is 43.7 Å². The lowest BCUT2D eigenvalue weighted by Gasteiger charge is -2.16. The van der Waals surface area contributed by atoms with Gasteiger partial charge in [0.2, 0.25) is 5.91 Å². The van der Waals surface area contributed by atoms with Crippen molar-refractivity contribution in [1.29, 1.82) is 0 Å². The summed E-state index contributed by atoms with van der Waals surface area (Å²) in [6, 6.07) is 7.57. The Bertz CT molecular complexity index is 1180. The summed E-state index contributed by atoms with van der Waals surface area (Å²) in [7, 11) is 0. The first-order valence-electron chi connectivity index (χ1n) is 9.30. The number of alkyl halides is 3. The van der Waals surface area contributed by atoms with Crippen LogP contribution in [0, 0.1) is 6.92 Å². The molecule has 154 valence electrons. The number of nitrogens with zero attached hydrogens (tertiary/aromatic N) is 4. The maximum absolute atomic E-state index is 13.2. The van der Waals surface area contributed by atoms with Gasteiger partial charge in [0.15, 0.2) is 11.4 Å². The number of amides is 1. The van der Waals surface area contributed by atoms with Crippen LogP contribution in [0.15, 0.2) is 42.6 Å². The summed E-state index contributed by atoms with van der Waals surface area (Å²) in [5.74, 6) is -0.321. The van der Waals surface area contributed by atoms with Gasteiger partial charge < -0.3 is 4.90 Å². The summed E-state index contributed by atoms with van der Waals surface area (Å²) in [4.78, 5) is 30.2. The van der Waals surface area contributed by atoms with E-state index in [4.69, 9.17) is 0 Å². The van der Waals surface area contributed by atoms with Crippen molar-refractivity contribution < 1.29 is 22.8 Å². The predicted octanol–water partition coefficient (Wildman–Crippen LogP) is 4.08. The maximum Gasteiger partial charge on any atom is 0.433 e. The van der Waals surface area contributed by atoms with Crippen LogP contribution in [0.3, 0.4) is 0 Å². The number of halogens is 3. The molecular formula is C21H17F3N4O2. The standard InChI is InChI=1S/C21H17F3N4O2/c1-13-16(20-25-10-9-18(21(22,23)24)28(20)26-13)7-8-17(29)14-4-2-5-15(12-14)27-11-3-6-19(27)30/h2,4-5,7-10,12H,3,6,11H2,1H3. The van der Waals surface area contributed by atoms with Crippen LogP contribution in [-0.2, 0) is 11.0 Å². The molecular weight excluding hydrogens is 397 g/mol. The highest BCUT2D eigenvalue weighted by molar-refractivity contribution is 6.08. The Kier molecular flexibility index (Phi) is 4.89. The van der Waals surface area contributed by atoms with Gasteiger partial charge in [-0.15, -0.1) is 0 Å². The number of hydrogen-bond donors (Lipinski definition) is 0. The summed E-state index contributed by atoms with van der Waals surface area (Å²) < 4.78 is 40.3. The van der Waals surface area contributed by atoms with Crippen molar-refractivity contribution in [2.75, 3.05) is 11.4 Å². The summed E-state index contributed by atoms with van der Waals surface area (Å²) >= 11 is 0. The molecule has 6 nitrogen and oxygen atoms in total. The first-order chi connectivity index (χ1) is 14.3. The minimum absolute atomic E-state index is 0.0165. The second-order valence-corrected chi connectivity index (χ2v) is 6.96. The zero-order chi connectivity index (χ0) is 21.5. The molecule has 1 aliphatic rings. The summed E-state index contributed by atoms with van der Waals surface area (Å²) in [6.07, 6.45) is 0.438. The van der Waals surface area contributed by atoms with Gasteiger partial charge in [0.1, 0.15) is 5.69 Å². The number of aromatic nitrogens is 3. The zero-order valence-corrected chi connectivity index (χ0v) is 16.0. The number of benzene rings is 1. The van der Waals surface area contributed by atoms with E-state index in [-0.39, 0.29) is 17.3 Å². The fourth-order valence-electron chi connectivity index (χ4n) is 3.48. The van der Waals surface area contributed by atoms with Gasteiger partial charge in [-0.25, -0.2) is 9.50 Å². The van der Waals surface area contributed by atoms with E-state index in [0.29, 0.717) is 35.5 Å². The van der Waals surface area contributed by atoms with Crippen LogP contribution in [0.1, 0.15) is 40.2 Å². The first kappa shape index (κ1) is 19.8. The molecule has 0 spiro atoms. The third kappa shape index (κ3) is 3.58. The Morgan fingerprint density at radius 2 is 2.03 bits per heavy atom. The van der Waals surface area contributed by atoms with Gasteiger partial charge in [-0.1, -0.05) is 12.1 Å². The van der Waals surface area contributed by atoms with E-state index in [1.54, 1.807) is 36.1 Å². The Balaban J connectivity index is 1.65. The molecule has 0 saturated carbocycles. The van der Waals surface area contributed by atoms with E-state index in [0.717, 1.165) is 23.2 Å². The molecule has 2 aromatic heterocycles. The van der Waals surface area contributed by atoms with Gasteiger partial charge in [-0.3, -0.25) is 9.59 Å². The number of aryl methyl sites for hydroxylation is 1. The highest BCUT2D eigenvalue weighted by Gasteiger charge is 2.34. The van der Waals surface area contributed by atoms with Crippen LogP contribution < -0.4 is 4.90 Å². The molecule has 9 heteroatoms. The van der Waals surface area contributed by atoms with Crippen LogP contribution in [0.4, 0.5) is 18.9 Å². The fourth-order valence-corrected chi connectivity index (χ4v) is 3.48. The molecule has 0 atom stereocenters. The molecule has 30 heavy (non-hydrogen) atoms. The van der Waals surface area contributed by atoms with Crippen LogP contribution in [-0.4, -0.2) is 32.8 Å². The van der Waals surface area contributed by atoms with Crippen molar-refractivity contribution in [3.8, 4) is 0 Å². The predicted molar refractivity (Wildman–Crippen MR) is 104 cm³/mol. The molecule has 3 aromatic rings. The highest BCUT2D eigenvalue weighted by Crippen LogP contribution is 2.30. The topological polar surface area (TPSA) is 67.6 Å². The Morgan fingerprint density at radius 1 is 1.23 bits per heavy atom. The lowest BCUT2D eigenvalue weighted by molar-refractivity contribution is -0.142. The van der Waals surface area contributed by atoms with Crippen LogP contribution in [0.2, 0.25) is 0 Å². The lowest BCUT2D eigenvalue weighted by atomic mass is 10.1. The molecule has 1 saturated heterocycles. The van der Waals surface area contributed by atoms with Crippen molar-refractivity contribution in [2.45, 2.75) is 25.9 Å². The minimum atomic E-state index is -4.58. The third-order valence-corrected chi connectivity index (χ3v) is 4.95. The molecule has 1 fully saturated rings. The quantitative estimate of drug-likeness (QED) is 0.477. The summed E-state index contributed by atoms with van der Waals surface area (Å²) in [5.41, 5.74) is 0.759. The largest absolute Gasteiger partial charge is 0.433 e.